The second kappa shape index (κ2) is 36.2. The van der Waals surface area contributed by atoms with Crippen LogP contribution >= 0.6 is 0 Å². The summed E-state index contributed by atoms with van der Waals surface area (Å²) in [6, 6.07) is 38.4. The highest BCUT2D eigenvalue weighted by Crippen LogP contribution is 2.60. The Morgan fingerprint density at radius 2 is 0.769 bits per heavy atom. The minimum Gasteiger partial charge on any atom is -0.482 e. The second-order valence-corrected chi connectivity index (χ2v) is 42.4. The quantitative estimate of drug-likeness (QED) is 0.0302. The third-order valence-corrected chi connectivity index (χ3v) is 36.1. The lowest BCUT2D eigenvalue weighted by Crippen LogP contribution is -2.58. The first-order chi connectivity index (χ1) is 50.8. The van der Waals surface area contributed by atoms with Gasteiger partial charge in [0.2, 0.25) is 0 Å². The molecule has 0 atom stereocenters. The largest absolute Gasteiger partial charge is 0.482 e. The Hall–Kier alpha value is -4.67. The summed E-state index contributed by atoms with van der Waals surface area (Å²) >= 11 is 0. The van der Waals surface area contributed by atoms with E-state index < -0.39 is 0 Å². The van der Waals surface area contributed by atoms with Gasteiger partial charge in [0, 0.05) is 54.4 Å². The van der Waals surface area contributed by atoms with Crippen LogP contribution in [-0.4, -0.2) is 113 Å². The monoisotopic (exact) mass is 1490 g/mol. The molecule has 0 spiro atoms. The van der Waals surface area contributed by atoms with Crippen molar-refractivity contribution in [1.29, 1.82) is 0 Å². The highest BCUT2D eigenvalue weighted by molar-refractivity contribution is 7.98. The zero-order chi connectivity index (χ0) is 71.3. The van der Waals surface area contributed by atoms with Gasteiger partial charge in [-0.1, -0.05) is 31.5 Å². The van der Waals surface area contributed by atoms with Crippen molar-refractivity contribution >= 4 is 72.3 Å². The first kappa shape index (κ1) is 76.1. The van der Waals surface area contributed by atoms with E-state index in [9.17, 15) is 14.4 Å². The summed E-state index contributed by atoms with van der Waals surface area (Å²) in [5.74, 6) is 19.7. The van der Waals surface area contributed by atoms with Crippen LogP contribution in [-0.2, 0) is 76.9 Å². The normalized spacial score (nSPS) is 28.9. The van der Waals surface area contributed by atoms with E-state index in [1.54, 1.807) is 4.90 Å². The predicted molar refractivity (Wildman–Crippen MR) is 426 cm³/mol. The lowest BCUT2D eigenvalue weighted by molar-refractivity contribution is -0.204. The van der Waals surface area contributed by atoms with E-state index in [0.717, 1.165) is 116 Å². The minimum atomic E-state index is -0.287. The molecule has 19 rings (SSSR count). The zero-order valence-electron chi connectivity index (χ0n) is 63.1. The molecule has 5 aromatic rings. The van der Waals surface area contributed by atoms with Gasteiger partial charge in [-0.15, -0.1) is 0 Å². The van der Waals surface area contributed by atoms with Crippen LogP contribution in [0.25, 0.3) is 10.8 Å². The number of fused-ring (bicyclic) bond motifs is 1. The van der Waals surface area contributed by atoms with E-state index in [1.807, 2.05) is 43.3 Å². The summed E-state index contributed by atoms with van der Waals surface area (Å²) in [6.45, 7) is 6.77. The standard InChI is InChI=1S/C25H31O2S.C24H33O3S.2C20H29O3S/c1-2-6-22-21(5-1)23(7-8-24(22)28-9-3-4-10-28)26-16-27-25-19-12-17-11-18(14-19)15-20(25)13-17;1-24(19-12-17-11-18(14-19)15-20(24)13-17)27-23(25)16-26-21-5-7-22(8-6-21)28-9-3-2-4-10-28;1-20(12-4-2-5-13-20)23-19(21)16-22-17-8-10-18(11-9-17)24-14-6-3-7-15-24;1-2-20(12-4-5-13-20)23-19(21)16-22-17-8-10-18(11-9-17)24-14-6-3-7-15-24/h1-2,5-8,17-20,25H,3-4,9-16H2;5-8,17-20H,2-4,9-16H2,1H3;2*8-11H,2-7,12-16H2,1H3/q4*+1. The Labute approximate surface area is 634 Å². The fourth-order valence-corrected chi connectivity index (χ4v) is 30.1. The lowest BCUT2D eigenvalue weighted by Gasteiger charge is -2.59. The molecule has 4 saturated heterocycles. The Morgan fingerprint density at radius 1 is 0.385 bits per heavy atom. The summed E-state index contributed by atoms with van der Waals surface area (Å²) in [6.07, 6.45) is 39.7. The van der Waals surface area contributed by atoms with Crippen LogP contribution in [0, 0.1) is 47.3 Å². The summed E-state index contributed by atoms with van der Waals surface area (Å²) in [4.78, 5) is 42.6. The fourth-order valence-electron chi connectivity index (χ4n) is 20.7. The number of esters is 3. The van der Waals surface area contributed by atoms with Crippen LogP contribution in [0.2, 0.25) is 0 Å². The molecule has 4 heterocycles. The van der Waals surface area contributed by atoms with E-state index in [4.69, 9.17) is 37.9 Å². The van der Waals surface area contributed by atoms with E-state index >= 15 is 0 Å². The molecular formula is C89H122O11S4+4. The van der Waals surface area contributed by atoms with Gasteiger partial charge in [0.05, 0.1) is 6.10 Å². The first-order valence-corrected chi connectivity index (χ1v) is 47.4. The predicted octanol–water partition coefficient (Wildman–Crippen LogP) is 19.8. The molecular weight excluding hydrogens is 1370 g/mol. The van der Waals surface area contributed by atoms with Gasteiger partial charge < -0.3 is 37.9 Å². The highest BCUT2D eigenvalue weighted by Gasteiger charge is 2.57. The molecule has 10 aliphatic carbocycles. The van der Waals surface area contributed by atoms with Crippen molar-refractivity contribution < 1.29 is 52.3 Å². The molecule has 11 nitrogen and oxygen atoms in total. The number of carbonyl (C=O) groups excluding carboxylic acids is 3. The van der Waals surface area contributed by atoms with Crippen LogP contribution in [0.3, 0.4) is 0 Å². The van der Waals surface area contributed by atoms with Gasteiger partial charge in [0.15, 0.2) is 46.2 Å². The van der Waals surface area contributed by atoms with Gasteiger partial charge in [-0.3, -0.25) is 0 Å². The number of carbonyl (C=O) groups is 3. The maximum absolute atomic E-state index is 12.6. The third-order valence-electron chi connectivity index (χ3n) is 26.0. The van der Waals surface area contributed by atoms with Gasteiger partial charge in [0.25, 0.3) is 0 Å². The number of hydrogen-bond acceptors (Lipinski definition) is 11. The van der Waals surface area contributed by atoms with E-state index in [1.165, 1.54) is 213 Å². The first-order valence-electron chi connectivity index (χ1n) is 41.1. The van der Waals surface area contributed by atoms with Crippen molar-refractivity contribution in [3.05, 3.63) is 109 Å². The molecule has 0 aromatic heterocycles. The Bertz CT molecular complexity index is 3490. The minimum absolute atomic E-state index is 0.000646. The average Bonchev–Trinajstić information content (AvgIpc) is 0.787. The van der Waals surface area contributed by atoms with Crippen LogP contribution in [0.1, 0.15) is 220 Å². The Kier molecular flexibility index (Phi) is 26.5. The van der Waals surface area contributed by atoms with E-state index in [-0.39, 0.29) is 54.5 Å². The van der Waals surface area contributed by atoms with Crippen molar-refractivity contribution in [2.45, 2.75) is 262 Å². The van der Waals surface area contributed by atoms with Crippen molar-refractivity contribution in [2.75, 3.05) is 72.6 Å². The molecule has 15 heteroatoms. The molecule has 10 saturated carbocycles. The van der Waals surface area contributed by atoms with Crippen molar-refractivity contribution in [1.82, 2.24) is 0 Å². The Balaban J connectivity index is 0.000000117. The fraction of sp³-hybridized carbons (Fsp3) is 0.652. The topological polar surface area (TPSA) is 125 Å². The molecule has 564 valence electrons. The summed E-state index contributed by atoms with van der Waals surface area (Å²) < 4.78 is 47.1. The highest BCUT2D eigenvalue weighted by atomic mass is 32.2. The lowest BCUT2D eigenvalue weighted by atomic mass is 9.50. The molecule has 14 aliphatic rings. The average molecular weight is 1500 g/mol. The summed E-state index contributed by atoms with van der Waals surface area (Å²) in [5.41, 5.74) is -0.781. The molecule has 4 aliphatic heterocycles. The maximum atomic E-state index is 12.6. The zero-order valence-corrected chi connectivity index (χ0v) is 66.4. The van der Waals surface area contributed by atoms with Crippen LogP contribution in [0.4, 0.5) is 0 Å². The van der Waals surface area contributed by atoms with E-state index in [2.05, 4.69) is 86.6 Å². The van der Waals surface area contributed by atoms with E-state index in [0.29, 0.717) is 68.3 Å². The van der Waals surface area contributed by atoms with Gasteiger partial charge in [-0.2, -0.15) is 0 Å². The number of rotatable bonds is 21. The van der Waals surface area contributed by atoms with Crippen LogP contribution in [0.5, 0.6) is 23.0 Å². The smallest absolute Gasteiger partial charge is 0.344 e. The van der Waals surface area contributed by atoms with Crippen LogP contribution in [0.15, 0.2) is 129 Å². The van der Waals surface area contributed by atoms with Crippen molar-refractivity contribution in [2.24, 2.45) is 47.3 Å². The molecule has 0 amide bonds. The molecule has 14 fully saturated rings. The van der Waals surface area contributed by atoms with Crippen molar-refractivity contribution in [3.63, 3.8) is 0 Å². The molecule has 8 bridgehead atoms. The van der Waals surface area contributed by atoms with Crippen LogP contribution < -0.4 is 18.9 Å². The molecule has 0 unspecified atom stereocenters. The molecule has 104 heavy (non-hydrogen) atoms. The molecule has 0 radical (unpaired) electrons. The van der Waals surface area contributed by atoms with Gasteiger partial charge in [0.1, 0.15) is 85.8 Å². The number of ether oxygens (including phenoxy) is 8. The van der Waals surface area contributed by atoms with Crippen molar-refractivity contribution in [3.8, 4) is 23.0 Å². The molecule has 5 aromatic carbocycles. The SMILES string of the molecule is CC1(OC(=O)COc2ccc([S+]3CCCCC3)cc2)C2CC3CC(C2)CC1C3.CC1(OC(=O)COc2ccc([S+]3CCCCC3)cc2)CCCCC1.CCC1(OC(=O)COc2ccc([S+]3CCCCC3)cc2)CCCC1.c1ccc2c([S+]3CCCC3)ccc(OCOC3C4CC5CC(C4)CC3C5)c2c1. The number of hydrogen-bond donors (Lipinski definition) is 0. The maximum Gasteiger partial charge on any atom is 0.344 e. The third kappa shape index (κ3) is 19.7. The van der Waals surface area contributed by atoms with Gasteiger partial charge in [-0.05, 0) is 345 Å². The van der Waals surface area contributed by atoms with Gasteiger partial charge >= 0.3 is 17.9 Å². The summed E-state index contributed by atoms with van der Waals surface area (Å²) in [7, 11) is 1.67. The number of benzene rings is 5. The Morgan fingerprint density at radius 3 is 1.22 bits per heavy atom. The van der Waals surface area contributed by atoms with Gasteiger partial charge in [-0.25, -0.2) is 14.4 Å². The molecule has 0 N–H and O–H groups in total. The second-order valence-electron chi connectivity index (χ2n) is 33.4. The summed E-state index contributed by atoms with van der Waals surface area (Å²) in [5, 5.41) is 2.65.